The summed E-state index contributed by atoms with van der Waals surface area (Å²) in [6, 6.07) is 9.08. The summed E-state index contributed by atoms with van der Waals surface area (Å²) in [6.45, 7) is 2.04. The highest BCUT2D eigenvalue weighted by molar-refractivity contribution is 5.54. The average Bonchev–Trinajstić information content (AvgIpc) is 2.98. The van der Waals surface area contributed by atoms with E-state index >= 15 is 0 Å². The molecule has 0 saturated carbocycles. The number of morpholine rings is 1. The van der Waals surface area contributed by atoms with Crippen LogP contribution in [0.15, 0.2) is 28.8 Å². The lowest BCUT2D eigenvalue weighted by molar-refractivity contribution is 0.0734. The van der Waals surface area contributed by atoms with Gasteiger partial charge >= 0.3 is 0 Å². The Morgan fingerprint density at radius 1 is 1.32 bits per heavy atom. The van der Waals surface area contributed by atoms with Crippen LogP contribution in [0.4, 0.5) is 0 Å². The van der Waals surface area contributed by atoms with E-state index in [1.165, 1.54) is 0 Å². The topological polar surface area (TPSA) is 84.0 Å². The van der Waals surface area contributed by atoms with Gasteiger partial charge in [0.2, 0.25) is 0 Å². The molecule has 2 aromatic rings. The van der Waals surface area contributed by atoms with E-state index in [0.717, 1.165) is 12.1 Å². The summed E-state index contributed by atoms with van der Waals surface area (Å²) in [4.78, 5) is 4.36. The molecular weight excluding hydrogens is 244 g/mol. The molecule has 0 spiro atoms. The van der Waals surface area contributed by atoms with Gasteiger partial charge in [-0.15, -0.1) is 0 Å². The van der Waals surface area contributed by atoms with Crippen molar-refractivity contribution in [2.75, 3.05) is 19.8 Å². The Bertz CT molecular complexity index is 594. The number of ether oxygens (including phenoxy) is 1. The molecule has 1 aromatic carbocycles. The molecule has 96 valence electrons. The van der Waals surface area contributed by atoms with E-state index in [1.807, 2.05) is 0 Å². The van der Waals surface area contributed by atoms with E-state index in [9.17, 15) is 0 Å². The first-order chi connectivity index (χ1) is 9.36. The van der Waals surface area contributed by atoms with Crippen LogP contribution in [0.1, 0.15) is 17.4 Å². The van der Waals surface area contributed by atoms with E-state index in [1.54, 1.807) is 24.3 Å². The van der Waals surface area contributed by atoms with E-state index in [-0.39, 0.29) is 6.04 Å². The van der Waals surface area contributed by atoms with Gasteiger partial charge in [0.25, 0.3) is 5.89 Å². The monoisotopic (exact) mass is 256 g/mol. The van der Waals surface area contributed by atoms with Gasteiger partial charge in [-0.1, -0.05) is 5.16 Å². The zero-order valence-corrected chi connectivity index (χ0v) is 10.2. The van der Waals surface area contributed by atoms with Gasteiger partial charge in [0.15, 0.2) is 5.82 Å². The van der Waals surface area contributed by atoms with Crippen LogP contribution in [0, 0.1) is 11.3 Å². The second-order valence-electron chi connectivity index (χ2n) is 4.23. The number of aromatic nitrogens is 2. The minimum absolute atomic E-state index is 0.0235. The Kier molecular flexibility index (Phi) is 3.23. The minimum atomic E-state index is -0.0235. The molecule has 1 atom stereocenters. The number of rotatable bonds is 2. The molecule has 1 aliphatic heterocycles. The summed E-state index contributed by atoms with van der Waals surface area (Å²) in [5, 5.41) is 16.0. The third-order valence-electron chi connectivity index (χ3n) is 2.94. The molecule has 19 heavy (non-hydrogen) atoms. The highest BCUT2D eigenvalue weighted by atomic mass is 16.5. The first-order valence-corrected chi connectivity index (χ1v) is 6.02. The van der Waals surface area contributed by atoms with Crippen molar-refractivity contribution in [2.45, 2.75) is 6.04 Å². The van der Waals surface area contributed by atoms with Gasteiger partial charge in [0.1, 0.15) is 0 Å². The van der Waals surface area contributed by atoms with Crippen molar-refractivity contribution >= 4 is 0 Å². The summed E-state index contributed by atoms with van der Waals surface area (Å²) in [6.07, 6.45) is 0. The predicted octanol–water partition coefficient (Wildman–Crippen LogP) is 1.27. The number of nitrogens with one attached hydrogen (secondary N) is 1. The first kappa shape index (κ1) is 11.8. The van der Waals surface area contributed by atoms with Crippen molar-refractivity contribution in [3.05, 3.63) is 35.7 Å². The zero-order chi connectivity index (χ0) is 13.1. The Hall–Kier alpha value is -2.23. The van der Waals surface area contributed by atoms with E-state index in [0.29, 0.717) is 30.5 Å². The van der Waals surface area contributed by atoms with E-state index in [4.69, 9.17) is 14.5 Å². The highest BCUT2D eigenvalue weighted by Gasteiger charge is 2.21. The molecule has 1 saturated heterocycles. The van der Waals surface area contributed by atoms with Crippen molar-refractivity contribution in [3.63, 3.8) is 0 Å². The molecule has 0 bridgehead atoms. The third-order valence-corrected chi connectivity index (χ3v) is 2.94. The molecule has 1 aromatic heterocycles. The van der Waals surface area contributed by atoms with Crippen molar-refractivity contribution in [2.24, 2.45) is 0 Å². The third kappa shape index (κ3) is 2.47. The maximum absolute atomic E-state index is 8.75. The van der Waals surface area contributed by atoms with Crippen molar-refractivity contribution in [1.82, 2.24) is 15.5 Å². The van der Waals surface area contributed by atoms with Gasteiger partial charge < -0.3 is 14.6 Å². The van der Waals surface area contributed by atoms with Crippen LogP contribution < -0.4 is 5.32 Å². The molecule has 2 heterocycles. The molecule has 6 nitrogen and oxygen atoms in total. The van der Waals surface area contributed by atoms with Crippen molar-refractivity contribution in [3.8, 4) is 17.5 Å². The fraction of sp³-hybridized carbons (Fsp3) is 0.308. The second-order valence-corrected chi connectivity index (χ2v) is 4.23. The van der Waals surface area contributed by atoms with Crippen LogP contribution in [0.2, 0.25) is 0 Å². The molecule has 1 unspecified atom stereocenters. The van der Waals surface area contributed by atoms with Crippen LogP contribution in [0.5, 0.6) is 0 Å². The van der Waals surface area contributed by atoms with Gasteiger partial charge in [0.05, 0.1) is 30.9 Å². The average molecular weight is 256 g/mol. The number of nitriles is 1. The van der Waals surface area contributed by atoms with Gasteiger partial charge in [-0.05, 0) is 24.3 Å². The predicted molar refractivity (Wildman–Crippen MR) is 66.0 cm³/mol. The van der Waals surface area contributed by atoms with Crippen molar-refractivity contribution in [1.29, 1.82) is 5.26 Å². The fourth-order valence-corrected chi connectivity index (χ4v) is 1.91. The molecule has 3 rings (SSSR count). The standard InChI is InChI=1S/C13H12N4O2/c14-7-9-1-3-10(4-2-9)13-16-12(17-19-13)11-8-18-6-5-15-11/h1-4,11,15H,5-6,8H2. The Labute approximate surface area is 110 Å². The molecule has 0 aliphatic carbocycles. The summed E-state index contributed by atoms with van der Waals surface area (Å²) < 4.78 is 10.6. The summed E-state index contributed by atoms with van der Waals surface area (Å²) in [5.41, 5.74) is 1.40. The number of benzene rings is 1. The lowest BCUT2D eigenvalue weighted by Gasteiger charge is -2.20. The largest absolute Gasteiger partial charge is 0.378 e. The molecule has 1 aliphatic rings. The number of nitrogens with zero attached hydrogens (tertiary/aromatic N) is 3. The Balaban J connectivity index is 1.81. The lowest BCUT2D eigenvalue weighted by atomic mass is 10.1. The molecule has 1 fully saturated rings. The van der Waals surface area contributed by atoms with Crippen LogP contribution in [0.3, 0.4) is 0 Å². The quantitative estimate of drug-likeness (QED) is 0.871. The summed E-state index contributed by atoms with van der Waals surface area (Å²) in [7, 11) is 0. The smallest absolute Gasteiger partial charge is 0.257 e. The normalized spacial score (nSPS) is 19.0. The summed E-state index contributed by atoms with van der Waals surface area (Å²) in [5.74, 6) is 1.05. The molecule has 1 N–H and O–H groups in total. The maximum atomic E-state index is 8.75. The van der Waals surface area contributed by atoms with Gasteiger partial charge in [-0.3, -0.25) is 0 Å². The lowest BCUT2D eigenvalue weighted by Crippen LogP contribution is -2.35. The van der Waals surface area contributed by atoms with E-state index < -0.39 is 0 Å². The molecule has 0 radical (unpaired) electrons. The SMILES string of the molecule is N#Cc1ccc(-c2nc(C3COCCN3)no2)cc1. The van der Waals surface area contributed by atoms with Crippen LogP contribution in [0.25, 0.3) is 11.5 Å². The molecular formula is C13H12N4O2. The van der Waals surface area contributed by atoms with Crippen LogP contribution in [-0.4, -0.2) is 29.9 Å². The summed E-state index contributed by atoms with van der Waals surface area (Å²) >= 11 is 0. The minimum Gasteiger partial charge on any atom is -0.378 e. The van der Waals surface area contributed by atoms with Gasteiger partial charge in [-0.25, -0.2) is 0 Å². The van der Waals surface area contributed by atoms with Crippen LogP contribution in [-0.2, 0) is 4.74 Å². The van der Waals surface area contributed by atoms with Gasteiger partial charge in [-0.2, -0.15) is 10.2 Å². The van der Waals surface area contributed by atoms with Gasteiger partial charge in [0, 0.05) is 12.1 Å². The zero-order valence-electron chi connectivity index (χ0n) is 10.2. The Morgan fingerprint density at radius 2 is 2.16 bits per heavy atom. The maximum Gasteiger partial charge on any atom is 0.257 e. The Morgan fingerprint density at radius 3 is 2.84 bits per heavy atom. The molecule has 6 heteroatoms. The van der Waals surface area contributed by atoms with E-state index in [2.05, 4.69) is 21.5 Å². The fourth-order valence-electron chi connectivity index (χ4n) is 1.91. The van der Waals surface area contributed by atoms with Crippen LogP contribution >= 0.6 is 0 Å². The highest BCUT2D eigenvalue weighted by Crippen LogP contribution is 2.20. The number of hydrogen-bond donors (Lipinski definition) is 1. The second kappa shape index (κ2) is 5.18. The molecule has 0 amide bonds. The number of hydrogen-bond acceptors (Lipinski definition) is 6. The first-order valence-electron chi connectivity index (χ1n) is 6.02. The van der Waals surface area contributed by atoms with Crippen molar-refractivity contribution < 1.29 is 9.26 Å².